The lowest BCUT2D eigenvalue weighted by molar-refractivity contribution is -0.172. The molecule has 2 unspecified atom stereocenters. The average molecular weight is 286 g/mol. The molecule has 0 aromatic rings. The molecule has 1 fully saturated rings. The summed E-state index contributed by atoms with van der Waals surface area (Å²) < 4.78 is 5.56. The Morgan fingerprint density at radius 3 is 2.35 bits per heavy atom. The fraction of sp³-hybridized carbons (Fsp3) is 0.857. The van der Waals surface area contributed by atoms with Crippen LogP contribution in [0.3, 0.4) is 0 Å². The molecular weight excluding hydrogens is 260 g/mol. The number of rotatable bonds is 6. The minimum Gasteiger partial charge on any atom is -0.480 e. The molecule has 0 bridgehead atoms. The van der Waals surface area contributed by atoms with E-state index in [0.717, 1.165) is 0 Å². The maximum Gasteiger partial charge on any atom is 0.326 e. The van der Waals surface area contributed by atoms with Crippen LogP contribution in [0.1, 0.15) is 41.0 Å². The molecule has 0 heterocycles. The Kier molecular flexibility index (Phi) is 4.82. The summed E-state index contributed by atoms with van der Waals surface area (Å²) in [7, 11) is 0. The lowest BCUT2D eigenvalue weighted by Gasteiger charge is -2.57. The molecule has 0 radical (unpaired) electrons. The van der Waals surface area contributed by atoms with Gasteiger partial charge in [-0.15, -0.1) is 0 Å². The van der Waals surface area contributed by atoms with Gasteiger partial charge in [-0.3, -0.25) is 4.79 Å². The third kappa shape index (κ3) is 2.67. The monoisotopic (exact) mass is 286 g/mol. The predicted molar refractivity (Wildman–Crippen MR) is 75.1 cm³/mol. The van der Waals surface area contributed by atoms with E-state index in [-0.39, 0.29) is 12.0 Å². The molecule has 1 rings (SSSR count). The standard InChI is InChI=1S/C14H26N2O4/c1-6-20-9-7-14(15,13(9,4)5)12(19)16-10(8(2)3)11(17)18/h8-10H,6-7,15H2,1-5H3,(H,16,19)(H,17,18)/t9?,10-,14?/m1/s1. The number of hydrogen-bond acceptors (Lipinski definition) is 4. The van der Waals surface area contributed by atoms with Crippen molar-refractivity contribution in [1.82, 2.24) is 5.32 Å². The SMILES string of the molecule is CCOC1CC(N)(C(=O)N[C@@H](C(=O)O)C(C)C)C1(C)C. The number of carboxylic acid groups (broad SMARTS) is 1. The van der Waals surface area contributed by atoms with E-state index in [2.05, 4.69) is 5.32 Å². The summed E-state index contributed by atoms with van der Waals surface area (Å²) in [4.78, 5) is 23.5. The number of ether oxygens (including phenoxy) is 1. The minimum absolute atomic E-state index is 0.0782. The Balaban J connectivity index is 2.80. The van der Waals surface area contributed by atoms with Crippen LogP contribution in [-0.4, -0.2) is 41.3 Å². The van der Waals surface area contributed by atoms with E-state index in [1.807, 2.05) is 20.8 Å². The first kappa shape index (κ1) is 16.9. The van der Waals surface area contributed by atoms with E-state index in [1.165, 1.54) is 0 Å². The third-order valence-electron chi connectivity index (χ3n) is 4.45. The highest BCUT2D eigenvalue weighted by molar-refractivity contribution is 5.92. The summed E-state index contributed by atoms with van der Waals surface area (Å²) in [5.41, 5.74) is 4.60. The molecular formula is C14H26N2O4. The summed E-state index contributed by atoms with van der Waals surface area (Å²) >= 11 is 0. The van der Waals surface area contributed by atoms with Crippen LogP contribution in [0.2, 0.25) is 0 Å². The maximum atomic E-state index is 12.4. The molecule has 0 aromatic carbocycles. The molecule has 0 saturated heterocycles. The summed E-state index contributed by atoms with van der Waals surface area (Å²) in [5.74, 6) is -1.67. The van der Waals surface area contributed by atoms with Crippen LogP contribution in [-0.2, 0) is 14.3 Å². The van der Waals surface area contributed by atoms with Crippen molar-refractivity contribution in [3.05, 3.63) is 0 Å². The zero-order valence-corrected chi connectivity index (χ0v) is 12.9. The lowest BCUT2D eigenvalue weighted by atomic mass is 9.54. The molecule has 0 aliphatic heterocycles. The summed E-state index contributed by atoms with van der Waals surface area (Å²) in [6.07, 6.45) is 0.329. The zero-order chi connectivity index (χ0) is 15.7. The van der Waals surface area contributed by atoms with Crippen LogP contribution in [0.5, 0.6) is 0 Å². The number of nitrogens with two attached hydrogens (primary N) is 1. The number of carboxylic acids is 1. The molecule has 1 saturated carbocycles. The average Bonchev–Trinajstić information content (AvgIpc) is 2.34. The van der Waals surface area contributed by atoms with Crippen molar-refractivity contribution in [2.45, 2.75) is 58.7 Å². The van der Waals surface area contributed by atoms with Gasteiger partial charge in [0.1, 0.15) is 11.6 Å². The van der Waals surface area contributed by atoms with Gasteiger partial charge in [-0.05, 0) is 12.8 Å². The summed E-state index contributed by atoms with van der Waals surface area (Å²) in [6.45, 7) is 9.71. The molecule has 4 N–H and O–H groups in total. The van der Waals surface area contributed by atoms with Crippen LogP contribution in [0.4, 0.5) is 0 Å². The van der Waals surface area contributed by atoms with Gasteiger partial charge in [0.05, 0.1) is 6.10 Å². The van der Waals surface area contributed by atoms with Crippen LogP contribution in [0.15, 0.2) is 0 Å². The van der Waals surface area contributed by atoms with Crippen LogP contribution in [0.25, 0.3) is 0 Å². The largest absolute Gasteiger partial charge is 0.480 e. The molecule has 1 aliphatic carbocycles. The van der Waals surface area contributed by atoms with Gasteiger partial charge in [0.15, 0.2) is 0 Å². The van der Waals surface area contributed by atoms with Gasteiger partial charge < -0.3 is 20.9 Å². The van der Waals surface area contributed by atoms with Gasteiger partial charge in [-0.1, -0.05) is 27.7 Å². The molecule has 6 heteroatoms. The number of nitrogens with one attached hydrogen (secondary N) is 1. The highest BCUT2D eigenvalue weighted by Gasteiger charge is 2.63. The van der Waals surface area contributed by atoms with E-state index >= 15 is 0 Å². The predicted octanol–water partition coefficient (Wildman–Crippen LogP) is 0.744. The maximum absolute atomic E-state index is 12.4. The van der Waals surface area contributed by atoms with Crippen molar-refractivity contribution in [1.29, 1.82) is 0 Å². The van der Waals surface area contributed by atoms with Gasteiger partial charge in [-0.25, -0.2) is 4.79 Å². The number of aliphatic carboxylic acids is 1. The van der Waals surface area contributed by atoms with Crippen molar-refractivity contribution >= 4 is 11.9 Å². The van der Waals surface area contributed by atoms with Gasteiger partial charge in [0.2, 0.25) is 5.91 Å². The molecule has 1 amide bonds. The fourth-order valence-electron chi connectivity index (χ4n) is 2.60. The number of carbonyl (C=O) groups is 2. The fourth-order valence-corrected chi connectivity index (χ4v) is 2.60. The first-order valence-electron chi connectivity index (χ1n) is 7.02. The Labute approximate surface area is 120 Å². The van der Waals surface area contributed by atoms with E-state index in [4.69, 9.17) is 15.6 Å². The smallest absolute Gasteiger partial charge is 0.326 e. The molecule has 6 nitrogen and oxygen atoms in total. The Hall–Kier alpha value is -1.14. The minimum atomic E-state index is -1.09. The Bertz CT molecular complexity index is 395. The van der Waals surface area contributed by atoms with E-state index < -0.39 is 28.9 Å². The molecule has 0 spiro atoms. The number of hydrogen-bond donors (Lipinski definition) is 3. The van der Waals surface area contributed by atoms with Gasteiger partial charge in [-0.2, -0.15) is 0 Å². The number of carbonyl (C=O) groups excluding carboxylic acids is 1. The topological polar surface area (TPSA) is 102 Å². The lowest BCUT2D eigenvalue weighted by Crippen LogP contribution is -2.76. The quantitative estimate of drug-likeness (QED) is 0.668. The Morgan fingerprint density at radius 2 is 2.00 bits per heavy atom. The first-order chi connectivity index (χ1) is 9.07. The molecule has 20 heavy (non-hydrogen) atoms. The van der Waals surface area contributed by atoms with Crippen LogP contribution in [0, 0.1) is 11.3 Å². The van der Waals surface area contributed by atoms with E-state index in [9.17, 15) is 9.59 Å². The third-order valence-corrected chi connectivity index (χ3v) is 4.45. The Morgan fingerprint density at radius 1 is 1.45 bits per heavy atom. The molecule has 3 atom stereocenters. The van der Waals surface area contributed by atoms with Crippen molar-refractivity contribution in [3.63, 3.8) is 0 Å². The van der Waals surface area contributed by atoms with Crippen LogP contribution < -0.4 is 11.1 Å². The van der Waals surface area contributed by atoms with Gasteiger partial charge >= 0.3 is 5.97 Å². The molecule has 1 aliphatic rings. The molecule has 0 aromatic heterocycles. The van der Waals surface area contributed by atoms with Crippen molar-refractivity contribution in [3.8, 4) is 0 Å². The van der Waals surface area contributed by atoms with E-state index in [0.29, 0.717) is 13.0 Å². The second-order valence-electron chi connectivity index (χ2n) is 6.37. The highest BCUT2D eigenvalue weighted by Crippen LogP contribution is 2.49. The van der Waals surface area contributed by atoms with Crippen molar-refractivity contribution < 1.29 is 19.4 Å². The first-order valence-corrected chi connectivity index (χ1v) is 7.02. The number of amides is 1. The second-order valence-corrected chi connectivity index (χ2v) is 6.37. The second kappa shape index (κ2) is 5.69. The summed E-state index contributed by atoms with van der Waals surface area (Å²) in [6, 6.07) is -0.926. The van der Waals surface area contributed by atoms with E-state index in [1.54, 1.807) is 13.8 Å². The van der Waals surface area contributed by atoms with Crippen molar-refractivity contribution in [2.75, 3.05) is 6.61 Å². The van der Waals surface area contributed by atoms with Crippen LogP contribution >= 0.6 is 0 Å². The van der Waals surface area contributed by atoms with Crippen molar-refractivity contribution in [2.24, 2.45) is 17.1 Å². The zero-order valence-electron chi connectivity index (χ0n) is 12.9. The van der Waals surface area contributed by atoms with Gasteiger partial charge in [0.25, 0.3) is 0 Å². The highest BCUT2D eigenvalue weighted by atomic mass is 16.5. The van der Waals surface area contributed by atoms with Gasteiger partial charge in [0, 0.05) is 18.4 Å². The normalized spacial score (nSPS) is 29.6. The summed E-state index contributed by atoms with van der Waals surface area (Å²) in [5, 5.41) is 11.7. The molecule has 116 valence electrons.